The van der Waals surface area contributed by atoms with Crippen molar-refractivity contribution in [1.82, 2.24) is 0 Å². The van der Waals surface area contributed by atoms with Gasteiger partial charge >= 0.3 is 0 Å². The van der Waals surface area contributed by atoms with Crippen molar-refractivity contribution in [2.45, 2.75) is 26.2 Å². The largest absolute Gasteiger partial charge is 0.141 e. The van der Waals surface area contributed by atoms with Crippen LogP contribution < -0.4 is 0 Å². The molecule has 1 rings (SSSR count). The molecular formula is C7H13S2. The third-order valence-electron chi connectivity index (χ3n) is 1.34. The predicted octanol–water partition coefficient (Wildman–Crippen LogP) is 3.15. The molecule has 0 atom stereocenters. The van der Waals surface area contributed by atoms with Gasteiger partial charge in [-0.2, -0.15) is 0 Å². The fourth-order valence-corrected chi connectivity index (χ4v) is 3.35. The van der Waals surface area contributed by atoms with Gasteiger partial charge in [-0.15, -0.1) is 23.5 Å². The molecule has 1 aliphatic rings. The van der Waals surface area contributed by atoms with Crippen molar-refractivity contribution in [1.29, 1.82) is 0 Å². The van der Waals surface area contributed by atoms with E-state index in [0.717, 1.165) is 0 Å². The van der Waals surface area contributed by atoms with Crippen LogP contribution in [0, 0.1) is 4.58 Å². The number of unbranched alkanes of at least 4 members (excludes halogenated alkanes) is 1. The molecule has 0 aromatic rings. The Bertz CT molecular complexity index is 67.3. The molecule has 0 amide bonds. The average Bonchev–Trinajstić information content (AvgIpc) is 2.34. The van der Waals surface area contributed by atoms with Crippen molar-refractivity contribution >= 4 is 23.5 Å². The summed E-state index contributed by atoms with van der Waals surface area (Å²) in [7, 11) is 0. The van der Waals surface area contributed by atoms with E-state index in [4.69, 9.17) is 0 Å². The molecule has 1 aliphatic heterocycles. The number of rotatable bonds is 3. The topological polar surface area (TPSA) is 0 Å². The van der Waals surface area contributed by atoms with Crippen LogP contribution in [0.1, 0.15) is 26.2 Å². The lowest BCUT2D eigenvalue weighted by Gasteiger charge is -2.02. The summed E-state index contributed by atoms with van der Waals surface area (Å²) < 4.78 is 1.68. The highest BCUT2D eigenvalue weighted by atomic mass is 32.2. The highest BCUT2D eigenvalue weighted by molar-refractivity contribution is 8.23. The van der Waals surface area contributed by atoms with Crippen molar-refractivity contribution in [3.63, 3.8) is 0 Å². The highest BCUT2D eigenvalue weighted by Gasteiger charge is 2.15. The molecule has 0 aromatic heterocycles. The van der Waals surface area contributed by atoms with Crippen LogP contribution in [0.2, 0.25) is 0 Å². The average molecular weight is 161 g/mol. The van der Waals surface area contributed by atoms with Gasteiger partial charge in [-0.05, 0) is 6.42 Å². The molecule has 2 heteroatoms. The van der Waals surface area contributed by atoms with Crippen LogP contribution in [-0.2, 0) is 0 Å². The first-order valence-electron chi connectivity index (χ1n) is 3.55. The second kappa shape index (κ2) is 4.51. The minimum Gasteiger partial charge on any atom is -0.141 e. The molecule has 0 spiro atoms. The summed E-state index contributed by atoms with van der Waals surface area (Å²) in [5.41, 5.74) is 0. The Morgan fingerprint density at radius 3 is 2.56 bits per heavy atom. The lowest BCUT2D eigenvalue weighted by Crippen LogP contribution is -1.79. The van der Waals surface area contributed by atoms with Gasteiger partial charge in [0.15, 0.2) is 0 Å². The summed E-state index contributed by atoms with van der Waals surface area (Å²) in [6.45, 7) is 2.25. The summed E-state index contributed by atoms with van der Waals surface area (Å²) in [5.74, 6) is 2.70. The molecule has 1 saturated heterocycles. The van der Waals surface area contributed by atoms with Crippen molar-refractivity contribution in [3.05, 3.63) is 4.58 Å². The van der Waals surface area contributed by atoms with E-state index < -0.39 is 0 Å². The van der Waals surface area contributed by atoms with Crippen molar-refractivity contribution in [2.75, 3.05) is 11.5 Å². The van der Waals surface area contributed by atoms with E-state index >= 15 is 0 Å². The number of hydrogen-bond acceptors (Lipinski definition) is 2. The van der Waals surface area contributed by atoms with E-state index in [-0.39, 0.29) is 0 Å². The summed E-state index contributed by atoms with van der Waals surface area (Å²) in [4.78, 5) is 0. The van der Waals surface area contributed by atoms with E-state index in [1.165, 1.54) is 30.8 Å². The van der Waals surface area contributed by atoms with Gasteiger partial charge < -0.3 is 0 Å². The molecular weight excluding hydrogens is 148 g/mol. The molecule has 0 N–H and O–H groups in total. The molecule has 53 valence electrons. The van der Waals surface area contributed by atoms with Crippen LogP contribution >= 0.6 is 23.5 Å². The van der Waals surface area contributed by atoms with Gasteiger partial charge in [-0.1, -0.05) is 19.8 Å². The molecule has 0 bridgehead atoms. The van der Waals surface area contributed by atoms with Crippen LogP contribution in [0.4, 0.5) is 0 Å². The molecule has 0 unspecified atom stereocenters. The van der Waals surface area contributed by atoms with Crippen molar-refractivity contribution in [2.24, 2.45) is 0 Å². The Balaban J connectivity index is 1.98. The Kier molecular flexibility index (Phi) is 3.91. The second-order valence-electron chi connectivity index (χ2n) is 2.17. The van der Waals surface area contributed by atoms with E-state index in [1.54, 1.807) is 4.58 Å². The zero-order chi connectivity index (χ0) is 6.53. The highest BCUT2D eigenvalue weighted by Crippen LogP contribution is 2.42. The first-order chi connectivity index (χ1) is 4.43. The van der Waals surface area contributed by atoms with E-state index in [2.05, 4.69) is 30.4 Å². The Hall–Kier alpha value is 0.700. The van der Waals surface area contributed by atoms with Crippen molar-refractivity contribution in [3.8, 4) is 0 Å². The second-order valence-corrected chi connectivity index (χ2v) is 4.81. The third-order valence-corrected chi connectivity index (χ3v) is 4.18. The normalized spacial score (nSPS) is 21.0. The van der Waals surface area contributed by atoms with Crippen LogP contribution in [0.5, 0.6) is 0 Å². The molecule has 0 aromatic carbocycles. The molecule has 0 aliphatic carbocycles. The quantitative estimate of drug-likeness (QED) is 0.623. The maximum absolute atomic E-state index is 2.25. The summed E-state index contributed by atoms with van der Waals surface area (Å²) in [5, 5.41) is 0. The molecule has 9 heavy (non-hydrogen) atoms. The summed E-state index contributed by atoms with van der Waals surface area (Å²) in [6, 6.07) is 0. The number of thioether (sulfide) groups is 2. The lowest BCUT2D eigenvalue weighted by molar-refractivity contribution is 0.800. The van der Waals surface area contributed by atoms with E-state index in [0.29, 0.717) is 0 Å². The lowest BCUT2D eigenvalue weighted by atomic mass is 10.3. The van der Waals surface area contributed by atoms with Gasteiger partial charge in [-0.25, -0.2) is 0 Å². The minimum atomic E-state index is 1.34. The summed E-state index contributed by atoms with van der Waals surface area (Å²) >= 11 is 4.12. The SMILES string of the molecule is CCCC[C]1SCCS1. The minimum absolute atomic E-state index is 1.34. The predicted molar refractivity (Wildman–Crippen MR) is 47.7 cm³/mol. The van der Waals surface area contributed by atoms with Crippen LogP contribution in [0.25, 0.3) is 0 Å². The van der Waals surface area contributed by atoms with Crippen LogP contribution in [-0.4, -0.2) is 11.5 Å². The van der Waals surface area contributed by atoms with E-state index in [9.17, 15) is 0 Å². The maximum atomic E-state index is 2.25. The maximum Gasteiger partial charge on any atom is 0.0848 e. The first kappa shape index (κ1) is 7.80. The fraction of sp³-hybridized carbons (Fsp3) is 0.857. The Morgan fingerprint density at radius 2 is 2.00 bits per heavy atom. The molecule has 1 heterocycles. The molecule has 1 fully saturated rings. The van der Waals surface area contributed by atoms with Gasteiger partial charge in [0.1, 0.15) is 0 Å². The first-order valence-corrected chi connectivity index (χ1v) is 5.52. The van der Waals surface area contributed by atoms with Crippen LogP contribution in [0.15, 0.2) is 0 Å². The fourth-order valence-electron chi connectivity index (χ4n) is 0.818. The van der Waals surface area contributed by atoms with E-state index in [1.807, 2.05) is 0 Å². The van der Waals surface area contributed by atoms with Crippen LogP contribution in [0.3, 0.4) is 0 Å². The molecule has 1 radical (unpaired) electrons. The summed E-state index contributed by atoms with van der Waals surface area (Å²) in [6.07, 6.45) is 4.08. The van der Waals surface area contributed by atoms with Gasteiger partial charge in [-0.3, -0.25) is 0 Å². The third kappa shape index (κ3) is 2.85. The van der Waals surface area contributed by atoms with Gasteiger partial charge in [0.25, 0.3) is 0 Å². The smallest absolute Gasteiger partial charge is 0.0848 e. The standard InChI is InChI=1S/C7H13S2/c1-2-3-4-7-8-5-6-9-7/h2-6H2,1H3. The molecule has 0 saturated carbocycles. The van der Waals surface area contributed by atoms with Gasteiger partial charge in [0, 0.05) is 11.5 Å². The zero-order valence-corrected chi connectivity index (χ0v) is 7.49. The number of hydrogen-bond donors (Lipinski definition) is 0. The zero-order valence-electron chi connectivity index (χ0n) is 5.85. The Labute approximate surface area is 66.2 Å². The van der Waals surface area contributed by atoms with Gasteiger partial charge in [0.05, 0.1) is 4.58 Å². The Morgan fingerprint density at radius 1 is 1.33 bits per heavy atom. The van der Waals surface area contributed by atoms with Crippen molar-refractivity contribution < 1.29 is 0 Å². The monoisotopic (exact) mass is 161 g/mol. The molecule has 0 nitrogen and oxygen atoms in total. The van der Waals surface area contributed by atoms with Gasteiger partial charge in [0.2, 0.25) is 0 Å².